The van der Waals surface area contributed by atoms with Crippen molar-refractivity contribution >= 4 is 23.5 Å². The summed E-state index contributed by atoms with van der Waals surface area (Å²) in [7, 11) is 1.55. The number of carboxylic acids is 1. The molecule has 0 bridgehead atoms. The molecule has 1 saturated carbocycles. The Kier molecular flexibility index (Phi) is 4.48. The van der Waals surface area contributed by atoms with Crippen molar-refractivity contribution in [1.82, 2.24) is 4.90 Å². The fourth-order valence-corrected chi connectivity index (χ4v) is 3.65. The Morgan fingerprint density at radius 2 is 2.09 bits per heavy atom. The van der Waals surface area contributed by atoms with Gasteiger partial charge in [-0.3, -0.25) is 9.59 Å². The molecular formula is C17H20ClNO4. The molecule has 1 saturated heterocycles. The van der Waals surface area contributed by atoms with Crippen LogP contribution < -0.4 is 4.74 Å². The number of rotatable bonds is 5. The van der Waals surface area contributed by atoms with E-state index in [-0.39, 0.29) is 18.2 Å². The van der Waals surface area contributed by atoms with E-state index in [0.717, 1.165) is 18.4 Å². The second-order valence-electron chi connectivity index (χ2n) is 6.38. The van der Waals surface area contributed by atoms with Crippen molar-refractivity contribution in [2.45, 2.75) is 19.3 Å². The van der Waals surface area contributed by atoms with E-state index in [1.54, 1.807) is 30.2 Å². The molecule has 124 valence electrons. The minimum atomic E-state index is -0.794. The van der Waals surface area contributed by atoms with Crippen LogP contribution in [0.15, 0.2) is 18.2 Å². The molecule has 1 aliphatic carbocycles. The zero-order chi connectivity index (χ0) is 16.6. The molecule has 0 aromatic heterocycles. The average Bonchev–Trinajstić information content (AvgIpc) is 3.25. The van der Waals surface area contributed by atoms with Gasteiger partial charge in [0.15, 0.2) is 0 Å². The van der Waals surface area contributed by atoms with Gasteiger partial charge in [0.05, 0.1) is 19.4 Å². The molecule has 1 heterocycles. The Morgan fingerprint density at radius 3 is 2.70 bits per heavy atom. The second-order valence-corrected chi connectivity index (χ2v) is 6.81. The molecule has 1 aromatic rings. The fourth-order valence-electron chi connectivity index (χ4n) is 3.46. The molecule has 1 aromatic carbocycles. The molecule has 1 N–H and O–H groups in total. The van der Waals surface area contributed by atoms with Crippen LogP contribution in [-0.4, -0.2) is 42.1 Å². The number of hydrogen-bond acceptors (Lipinski definition) is 3. The zero-order valence-corrected chi connectivity index (χ0v) is 13.8. The van der Waals surface area contributed by atoms with Crippen molar-refractivity contribution in [1.29, 1.82) is 0 Å². The van der Waals surface area contributed by atoms with Gasteiger partial charge in [0.25, 0.3) is 0 Å². The van der Waals surface area contributed by atoms with Gasteiger partial charge in [-0.1, -0.05) is 11.6 Å². The predicted octanol–water partition coefficient (Wildman–Crippen LogP) is 2.46. The largest absolute Gasteiger partial charge is 0.496 e. The Hall–Kier alpha value is -1.75. The number of methoxy groups -OCH3 is 1. The lowest BCUT2D eigenvalue weighted by molar-refractivity contribution is -0.142. The van der Waals surface area contributed by atoms with Crippen LogP contribution in [-0.2, 0) is 16.0 Å². The van der Waals surface area contributed by atoms with E-state index in [0.29, 0.717) is 29.8 Å². The minimum absolute atomic E-state index is 0.0695. The number of amides is 1. The third kappa shape index (κ3) is 3.44. The highest BCUT2D eigenvalue weighted by Crippen LogP contribution is 2.44. The first-order valence-electron chi connectivity index (χ1n) is 7.82. The number of carboxylic acid groups (broad SMARTS) is 1. The first-order valence-corrected chi connectivity index (χ1v) is 8.20. The molecule has 2 aliphatic rings. The van der Waals surface area contributed by atoms with Gasteiger partial charge in [-0.05, 0) is 42.9 Å². The summed E-state index contributed by atoms with van der Waals surface area (Å²) in [6.07, 6.45) is 2.34. The molecule has 2 fully saturated rings. The van der Waals surface area contributed by atoms with Gasteiger partial charge >= 0.3 is 5.97 Å². The molecule has 1 amide bonds. The zero-order valence-electron chi connectivity index (χ0n) is 13.0. The van der Waals surface area contributed by atoms with Crippen molar-refractivity contribution in [3.8, 4) is 5.75 Å². The molecular weight excluding hydrogens is 318 g/mol. The summed E-state index contributed by atoms with van der Waals surface area (Å²) in [5, 5.41) is 9.94. The first kappa shape index (κ1) is 16.1. The van der Waals surface area contributed by atoms with E-state index in [9.17, 15) is 14.7 Å². The van der Waals surface area contributed by atoms with Crippen LogP contribution in [0.4, 0.5) is 0 Å². The number of carbonyl (C=O) groups is 2. The quantitative estimate of drug-likeness (QED) is 0.896. The van der Waals surface area contributed by atoms with E-state index >= 15 is 0 Å². The van der Waals surface area contributed by atoms with Crippen molar-refractivity contribution in [2.75, 3.05) is 20.2 Å². The van der Waals surface area contributed by atoms with Crippen molar-refractivity contribution in [3.05, 3.63) is 28.8 Å². The monoisotopic (exact) mass is 337 g/mol. The maximum Gasteiger partial charge on any atom is 0.308 e. The van der Waals surface area contributed by atoms with E-state index in [4.69, 9.17) is 16.3 Å². The third-order valence-electron chi connectivity index (χ3n) is 4.85. The number of aliphatic carboxylic acids is 1. The summed E-state index contributed by atoms with van der Waals surface area (Å²) >= 11 is 6.00. The number of carbonyl (C=O) groups excluding carboxylic acids is 1. The van der Waals surface area contributed by atoms with Crippen LogP contribution in [0.25, 0.3) is 0 Å². The van der Waals surface area contributed by atoms with Crippen LogP contribution in [0.5, 0.6) is 5.75 Å². The molecule has 0 unspecified atom stereocenters. The van der Waals surface area contributed by atoms with Gasteiger partial charge in [-0.25, -0.2) is 0 Å². The van der Waals surface area contributed by atoms with Gasteiger partial charge in [-0.15, -0.1) is 0 Å². The summed E-state index contributed by atoms with van der Waals surface area (Å²) in [5.74, 6) is -0.118. The van der Waals surface area contributed by atoms with Crippen molar-refractivity contribution in [2.24, 2.45) is 17.8 Å². The Labute approximate surface area is 140 Å². The molecule has 0 radical (unpaired) electrons. The number of halogens is 1. The van der Waals surface area contributed by atoms with Crippen LogP contribution >= 0.6 is 11.6 Å². The highest BCUT2D eigenvalue weighted by molar-refractivity contribution is 6.30. The number of nitrogens with zero attached hydrogens (tertiary/aromatic N) is 1. The molecule has 6 heteroatoms. The molecule has 0 spiro atoms. The smallest absolute Gasteiger partial charge is 0.308 e. The van der Waals surface area contributed by atoms with Crippen molar-refractivity contribution < 1.29 is 19.4 Å². The standard InChI is InChI=1S/C17H20ClNO4/c1-23-15-5-4-12(18)6-11(15)7-16(20)19-8-13(10-2-3-10)14(9-19)17(21)22/h4-6,10,13-14H,2-3,7-9H2,1H3,(H,21,22)/t13-,14+/m1/s1. The number of hydrogen-bond donors (Lipinski definition) is 1. The summed E-state index contributed by atoms with van der Waals surface area (Å²) in [6.45, 7) is 0.849. The highest BCUT2D eigenvalue weighted by Gasteiger charge is 2.46. The predicted molar refractivity (Wildman–Crippen MR) is 85.6 cm³/mol. The number of benzene rings is 1. The summed E-state index contributed by atoms with van der Waals surface area (Å²) in [5.41, 5.74) is 0.728. The first-order chi connectivity index (χ1) is 11.0. The Balaban J connectivity index is 1.71. The molecule has 1 aliphatic heterocycles. The Morgan fingerprint density at radius 1 is 1.35 bits per heavy atom. The lowest BCUT2D eigenvalue weighted by Gasteiger charge is -2.17. The van der Waals surface area contributed by atoms with Crippen LogP contribution in [0.1, 0.15) is 18.4 Å². The van der Waals surface area contributed by atoms with Gasteiger partial charge in [-0.2, -0.15) is 0 Å². The minimum Gasteiger partial charge on any atom is -0.496 e. The Bertz CT molecular complexity index is 629. The molecule has 23 heavy (non-hydrogen) atoms. The van der Waals surface area contributed by atoms with Crippen molar-refractivity contribution in [3.63, 3.8) is 0 Å². The molecule has 3 rings (SSSR count). The topological polar surface area (TPSA) is 66.8 Å². The van der Waals surface area contributed by atoms with Crippen LogP contribution in [0, 0.1) is 17.8 Å². The van der Waals surface area contributed by atoms with Gasteiger partial charge in [0, 0.05) is 23.7 Å². The lowest BCUT2D eigenvalue weighted by atomic mass is 9.92. The van der Waals surface area contributed by atoms with E-state index < -0.39 is 11.9 Å². The second kappa shape index (κ2) is 6.40. The molecule has 2 atom stereocenters. The number of ether oxygens (including phenoxy) is 1. The number of likely N-dealkylation sites (tertiary alicyclic amines) is 1. The highest BCUT2D eigenvalue weighted by atomic mass is 35.5. The average molecular weight is 338 g/mol. The van der Waals surface area contributed by atoms with E-state index in [2.05, 4.69) is 0 Å². The lowest BCUT2D eigenvalue weighted by Crippen LogP contribution is -2.31. The SMILES string of the molecule is COc1ccc(Cl)cc1CC(=O)N1C[C@H](C(=O)O)[C@@H](C2CC2)C1. The van der Waals surface area contributed by atoms with Crippen LogP contribution in [0.3, 0.4) is 0 Å². The molecule has 5 nitrogen and oxygen atoms in total. The van der Waals surface area contributed by atoms with E-state index in [1.165, 1.54) is 0 Å². The summed E-state index contributed by atoms with van der Waals surface area (Å²) < 4.78 is 5.27. The maximum atomic E-state index is 12.6. The third-order valence-corrected chi connectivity index (χ3v) is 5.08. The van der Waals surface area contributed by atoms with E-state index in [1.807, 2.05) is 0 Å². The van der Waals surface area contributed by atoms with Gasteiger partial charge in [0.1, 0.15) is 5.75 Å². The summed E-state index contributed by atoms with van der Waals surface area (Å²) in [4.78, 5) is 25.7. The summed E-state index contributed by atoms with van der Waals surface area (Å²) in [6, 6.07) is 5.18. The normalized spacial score (nSPS) is 23.8. The van der Waals surface area contributed by atoms with Crippen LogP contribution in [0.2, 0.25) is 5.02 Å². The van der Waals surface area contributed by atoms with Gasteiger partial charge in [0.2, 0.25) is 5.91 Å². The van der Waals surface area contributed by atoms with Gasteiger partial charge < -0.3 is 14.7 Å². The maximum absolute atomic E-state index is 12.6. The fraction of sp³-hybridized carbons (Fsp3) is 0.529.